The van der Waals surface area contributed by atoms with Crippen LogP contribution in [0.15, 0.2) is 47.5 Å². The van der Waals surface area contributed by atoms with E-state index in [4.69, 9.17) is 11.6 Å². The van der Waals surface area contributed by atoms with Crippen LogP contribution in [0, 0.1) is 6.92 Å². The maximum absolute atomic E-state index is 12.3. The van der Waals surface area contributed by atoms with Gasteiger partial charge < -0.3 is 10.2 Å². The van der Waals surface area contributed by atoms with E-state index in [2.05, 4.69) is 44.6 Å². The normalized spacial score (nSPS) is 16.1. The van der Waals surface area contributed by atoms with E-state index in [0.29, 0.717) is 12.6 Å². The van der Waals surface area contributed by atoms with Crippen LogP contribution in [0.1, 0.15) is 22.4 Å². The molecule has 6 nitrogen and oxygen atoms in total. The fourth-order valence-electron chi connectivity index (χ4n) is 4.87. The number of aromatic nitrogens is 3. The second-order valence-corrected chi connectivity index (χ2v) is 10.5. The highest BCUT2D eigenvalue weighted by molar-refractivity contribution is 7.19. The molecular weight excluding hydrogens is 454 g/mol. The molecule has 8 heteroatoms. The molecule has 0 bridgehead atoms. The van der Waals surface area contributed by atoms with E-state index in [-0.39, 0.29) is 5.56 Å². The van der Waals surface area contributed by atoms with Gasteiger partial charge in [0.15, 0.2) is 0 Å². The zero-order chi connectivity index (χ0) is 22.5. The number of nitrogens with one attached hydrogen (secondary N) is 1. The van der Waals surface area contributed by atoms with E-state index >= 15 is 0 Å². The molecule has 0 radical (unpaired) electrons. The fourth-order valence-corrected chi connectivity index (χ4v) is 6.23. The van der Waals surface area contributed by atoms with E-state index < -0.39 is 0 Å². The summed E-state index contributed by atoms with van der Waals surface area (Å²) in [5, 5.41) is 8.49. The summed E-state index contributed by atoms with van der Waals surface area (Å²) in [4.78, 5) is 20.6. The van der Waals surface area contributed by atoms with Gasteiger partial charge in [-0.3, -0.25) is 9.78 Å². The van der Waals surface area contributed by atoms with Crippen molar-refractivity contribution in [3.05, 3.63) is 74.1 Å². The largest absolute Gasteiger partial charge is 0.365 e. The molecular formula is C25H24ClN5OS. The van der Waals surface area contributed by atoms with Crippen molar-refractivity contribution in [1.82, 2.24) is 20.1 Å². The van der Waals surface area contributed by atoms with E-state index in [1.165, 1.54) is 21.5 Å². The van der Waals surface area contributed by atoms with E-state index in [1.54, 1.807) is 23.6 Å². The summed E-state index contributed by atoms with van der Waals surface area (Å²) in [5.41, 5.74) is 6.69. The number of hydrogen-bond acceptors (Lipinski definition) is 6. The average Bonchev–Trinajstić information content (AvgIpc) is 3.16. The third-order valence-corrected chi connectivity index (χ3v) is 7.91. The molecule has 6 rings (SSSR count). The van der Waals surface area contributed by atoms with Gasteiger partial charge >= 0.3 is 0 Å². The van der Waals surface area contributed by atoms with Gasteiger partial charge in [-0.2, -0.15) is 5.10 Å². The standard InChI is InChI=1S/C25H24ClN5OS/c1-15-7-23(32)31(29-11-15)14-19-10-22-25(33-19)20(4-5-28-22)21-9-17(26)8-16-3-2-6-30(24(16)21)18-12-27-13-18/h4-5,7-11,18,27H,2-3,6,12-14H2,1H3. The highest BCUT2D eigenvalue weighted by atomic mass is 35.5. The van der Waals surface area contributed by atoms with Gasteiger partial charge in [0, 0.05) is 58.6 Å². The maximum Gasteiger partial charge on any atom is 0.267 e. The highest BCUT2D eigenvalue weighted by Crippen LogP contribution is 2.44. The van der Waals surface area contributed by atoms with Gasteiger partial charge in [0.25, 0.3) is 5.56 Å². The van der Waals surface area contributed by atoms with Crippen LogP contribution in [0.25, 0.3) is 21.3 Å². The predicted octanol–water partition coefficient (Wildman–Crippen LogP) is 4.25. The minimum absolute atomic E-state index is 0.0886. The zero-order valence-corrected chi connectivity index (χ0v) is 19.9. The van der Waals surface area contributed by atoms with Gasteiger partial charge in [-0.25, -0.2) is 4.68 Å². The lowest BCUT2D eigenvalue weighted by Gasteiger charge is -2.44. The number of pyridine rings is 1. The summed E-state index contributed by atoms with van der Waals surface area (Å²) >= 11 is 8.29. The minimum Gasteiger partial charge on any atom is -0.365 e. The first-order valence-corrected chi connectivity index (χ1v) is 12.5. The van der Waals surface area contributed by atoms with Crippen LogP contribution in [0.2, 0.25) is 5.02 Å². The van der Waals surface area contributed by atoms with Crippen molar-refractivity contribution in [2.75, 3.05) is 24.5 Å². The summed E-state index contributed by atoms with van der Waals surface area (Å²) in [6, 6.07) is 10.5. The quantitative estimate of drug-likeness (QED) is 0.476. The van der Waals surface area contributed by atoms with Gasteiger partial charge in [-0.1, -0.05) is 11.6 Å². The third-order valence-electron chi connectivity index (χ3n) is 6.55. The van der Waals surface area contributed by atoms with E-state index in [9.17, 15) is 4.79 Å². The Balaban J connectivity index is 1.47. The number of thiophene rings is 1. The number of anilines is 1. The fraction of sp³-hybridized carbons (Fsp3) is 0.320. The molecule has 2 aliphatic heterocycles. The molecule has 0 atom stereocenters. The van der Waals surface area contributed by atoms with Crippen molar-refractivity contribution in [3.63, 3.8) is 0 Å². The average molecular weight is 478 g/mol. The Labute approximate surface area is 200 Å². The molecule has 4 aromatic rings. The van der Waals surface area contributed by atoms with Gasteiger partial charge in [0.1, 0.15) is 0 Å². The maximum atomic E-state index is 12.3. The molecule has 1 aromatic carbocycles. The summed E-state index contributed by atoms with van der Waals surface area (Å²) in [6.45, 7) is 5.43. The first kappa shape index (κ1) is 20.8. The van der Waals surface area contributed by atoms with Gasteiger partial charge in [-0.05, 0) is 55.2 Å². The van der Waals surface area contributed by atoms with Crippen LogP contribution in [0.5, 0.6) is 0 Å². The van der Waals surface area contributed by atoms with Crippen molar-refractivity contribution in [2.24, 2.45) is 0 Å². The van der Waals surface area contributed by atoms with Gasteiger partial charge in [-0.15, -0.1) is 11.3 Å². The van der Waals surface area contributed by atoms with Gasteiger partial charge in [0.05, 0.1) is 29.0 Å². The number of aryl methyl sites for hydroxylation is 2. The molecule has 168 valence electrons. The Morgan fingerprint density at radius 2 is 2.09 bits per heavy atom. The van der Waals surface area contributed by atoms with Crippen LogP contribution in [0.4, 0.5) is 5.69 Å². The van der Waals surface area contributed by atoms with Crippen molar-refractivity contribution in [1.29, 1.82) is 0 Å². The molecule has 0 unspecified atom stereocenters. The van der Waals surface area contributed by atoms with Crippen molar-refractivity contribution >= 4 is 38.8 Å². The second kappa shape index (κ2) is 8.24. The molecule has 0 saturated carbocycles. The summed E-state index contributed by atoms with van der Waals surface area (Å²) in [6.07, 6.45) is 5.79. The summed E-state index contributed by atoms with van der Waals surface area (Å²) < 4.78 is 2.62. The summed E-state index contributed by atoms with van der Waals surface area (Å²) in [5.74, 6) is 0. The Kier molecular flexibility index (Phi) is 5.20. The molecule has 2 aliphatic rings. The third kappa shape index (κ3) is 3.74. The second-order valence-electron chi connectivity index (χ2n) is 8.88. The molecule has 33 heavy (non-hydrogen) atoms. The molecule has 0 aliphatic carbocycles. The minimum atomic E-state index is -0.0886. The Hall–Kier alpha value is -2.74. The molecule has 0 amide bonds. The SMILES string of the molecule is Cc1cnn(Cc2cc3nccc(-c4cc(Cl)cc5c4N(C4CNC4)CCC5)c3s2)c(=O)c1. The first-order chi connectivity index (χ1) is 16.1. The Bertz CT molecular complexity index is 1420. The van der Waals surface area contributed by atoms with Crippen LogP contribution < -0.4 is 15.8 Å². The number of halogens is 1. The van der Waals surface area contributed by atoms with Crippen molar-refractivity contribution in [2.45, 2.75) is 32.4 Å². The smallest absolute Gasteiger partial charge is 0.267 e. The predicted molar refractivity (Wildman–Crippen MR) is 135 cm³/mol. The van der Waals surface area contributed by atoms with E-state index in [0.717, 1.165) is 63.7 Å². The number of rotatable bonds is 4. The van der Waals surface area contributed by atoms with Gasteiger partial charge in [0.2, 0.25) is 0 Å². The lowest BCUT2D eigenvalue weighted by atomic mass is 9.92. The summed E-state index contributed by atoms with van der Waals surface area (Å²) in [7, 11) is 0. The molecule has 1 N–H and O–H groups in total. The molecule has 1 saturated heterocycles. The van der Waals surface area contributed by atoms with Crippen molar-refractivity contribution < 1.29 is 0 Å². The highest BCUT2D eigenvalue weighted by Gasteiger charge is 2.31. The van der Waals surface area contributed by atoms with E-state index in [1.807, 2.05) is 13.1 Å². The Morgan fingerprint density at radius 3 is 2.88 bits per heavy atom. The number of fused-ring (bicyclic) bond motifs is 2. The molecule has 0 spiro atoms. The molecule has 3 aromatic heterocycles. The Morgan fingerprint density at radius 1 is 1.21 bits per heavy atom. The molecule has 5 heterocycles. The lowest BCUT2D eigenvalue weighted by Crippen LogP contribution is -2.58. The number of hydrogen-bond donors (Lipinski definition) is 1. The van der Waals surface area contributed by atoms with Crippen LogP contribution in [-0.4, -0.2) is 40.4 Å². The van der Waals surface area contributed by atoms with Crippen LogP contribution >= 0.6 is 22.9 Å². The number of nitrogens with zero attached hydrogens (tertiary/aromatic N) is 4. The van der Waals surface area contributed by atoms with Crippen molar-refractivity contribution in [3.8, 4) is 11.1 Å². The van der Waals surface area contributed by atoms with Crippen LogP contribution in [0.3, 0.4) is 0 Å². The zero-order valence-electron chi connectivity index (χ0n) is 18.3. The molecule has 1 fully saturated rings. The monoisotopic (exact) mass is 477 g/mol. The first-order valence-electron chi connectivity index (χ1n) is 11.3. The van der Waals surface area contributed by atoms with Crippen LogP contribution in [-0.2, 0) is 13.0 Å². The lowest BCUT2D eigenvalue weighted by molar-refractivity contribution is 0.406. The topological polar surface area (TPSA) is 63.1 Å². The number of benzene rings is 1.